The maximum Gasteiger partial charge on any atom is 0.432 e. The molecule has 0 amide bonds. The normalized spacial score (nSPS) is 16.7. The fourth-order valence-corrected chi connectivity index (χ4v) is 1.04. The number of carbonyl (C=O) groups is 1. The van der Waals surface area contributed by atoms with E-state index in [2.05, 4.69) is 5.10 Å². The zero-order valence-electron chi connectivity index (χ0n) is 5.90. The minimum Gasteiger partial charge on any atom is -0.463 e. The summed E-state index contributed by atoms with van der Waals surface area (Å²) in [4.78, 5) is 10.4. The van der Waals surface area contributed by atoms with Crippen LogP contribution in [0.5, 0.6) is 0 Å². The van der Waals surface area contributed by atoms with Crippen LogP contribution in [0.2, 0.25) is 0 Å². The van der Waals surface area contributed by atoms with Crippen LogP contribution in [0.4, 0.5) is 4.79 Å². The van der Waals surface area contributed by atoms with Crippen molar-refractivity contribution in [2.24, 2.45) is 0 Å². The average molecular weight is 152 g/mol. The van der Waals surface area contributed by atoms with Gasteiger partial charge < -0.3 is 5.11 Å². The first-order valence-corrected chi connectivity index (χ1v) is 3.56. The van der Waals surface area contributed by atoms with E-state index in [1.54, 1.807) is 6.07 Å². The van der Waals surface area contributed by atoms with E-state index in [-0.39, 0.29) is 0 Å². The van der Waals surface area contributed by atoms with Crippen LogP contribution in [0.3, 0.4) is 0 Å². The molecule has 0 aromatic carbocycles. The monoisotopic (exact) mass is 152 g/mol. The molecule has 0 radical (unpaired) electrons. The van der Waals surface area contributed by atoms with Crippen molar-refractivity contribution in [3.8, 4) is 0 Å². The number of rotatable bonds is 1. The van der Waals surface area contributed by atoms with Crippen LogP contribution in [0.25, 0.3) is 0 Å². The van der Waals surface area contributed by atoms with Crippen LogP contribution in [0, 0.1) is 0 Å². The molecule has 1 N–H and O–H groups in total. The lowest BCUT2D eigenvalue weighted by Crippen LogP contribution is -2.08. The van der Waals surface area contributed by atoms with E-state index in [1.165, 1.54) is 6.20 Å². The van der Waals surface area contributed by atoms with Crippen molar-refractivity contribution in [3.63, 3.8) is 0 Å². The lowest BCUT2D eigenvalue weighted by atomic mass is 10.3. The summed E-state index contributed by atoms with van der Waals surface area (Å²) in [6.45, 7) is 0. The topological polar surface area (TPSA) is 55.1 Å². The summed E-state index contributed by atoms with van der Waals surface area (Å²) < 4.78 is 0.952. The van der Waals surface area contributed by atoms with Gasteiger partial charge in [-0.2, -0.15) is 9.78 Å². The Bertz CT molecular complexity index is 288. The fraction of sp³-hybridized carbons (Fsp3) is 0.429. The molecule has 1 aliphatic carbocycles. The van der Waals surface area contributed by atoms with Crippen LogP contribution in [-0.2, 0) is 0 Å². The lowest BCUT2D eigenvalue weighted by molar-refractivity contribution is 0.192. The van der Waals surface area contributed by atoms with E-state index < -0.39 is 6.09 Å². The molecule has 0 bridgehead atoms. The largest absolute Gasteiger partial charge is 0.463 e. The Labute approximate surface area is 63.4 Å². The molecule has 1 aromatic heterocycles. The maximum atomic E-state index is 10.4. The maximum absolute atomic E-state index is 10.4. The number of hydrogen-bond donors (Lipinski definition) is 1. The first-order chi connectivity index (χ1) is 5.27. The van der Waals surface area contributed by atoms with Gasteiger partial charge in [0.2, 0.25) is 0 Å². The Morgan fingerprint density at radius 3 is 2.91 bits per heavy atom. The van der Waals surface area contributed by atoms with Crippen molar-refractivity contribution in [1.29, 1.82) is 0 Å². The SMILES string of the molecule is O=C(O)n1ccc(C2CC2)n1. The van der Waals surface area contributed by atoms with Gasteiger partial charge in [0.25, 0.3) is 0 Å². The van der Waals surface area contributed by atoms with E-state index in [0.29, 0.717) is 5.92 Å². The van der Waals surface area contributed by atoms with Gasteiger partial charge in [0.15, 0.2) is 0 Å². The molecule has 0 spiro atoms. The molecule has 1 fully saturated rings. The van der Waals surface area contributed by atoms with Crippen molar-refractivity contribution in [2.45, 2.75) is 18.8 Å². The molecule has 1 aromatic rings. The van der Waals surface area contributed by atoms with Crippen LogP contribution in [0.1, 0.15) is 24.5 Å². The van der Waals surface area contributed by atoms with Gasteiger partial charge in [-0.25, -0.2) is 4.79 Å². The molecule has 4 nitrogen and oxygen atoms in total. The van der Waals surface area contributed by atoms with E-state index in [4.69, 9.17) is 5.11 Å². The smallest absolute Gasteiger partial charge is 0.432 e. The van der Waals surface area contributed by atoms with Crippen LogP contribution in [-0.4, -0.2) is 21.0 Å². The van der Waals surface area contributed by atoms with E-state index in [9.17, 15) is 4.79 Å². The lowest BCUT2D eigenvalue weighted by Gasteiger charge is -1.89. The number of aromatic nitrogens is 2. The molecule has 11 heavy (non-hydrogen) atoms. The molecular weight excluding hydrogens is 144 g/mol. The third kappa shape index (κ3) is 1.11. The fourth-order valence-electron chi connectivity index (χ4n) is 1.04. The van der Waals surface area contributed by atoms with Crippen molar-refractivity contribution in [1.82, 2.24) is 9.78 Å². The standard InChI is InChI=1S/C7H8N2O2/c10-7(11)9-4-3-6(8-9)5-1-2-5/h3-5H,1-2H2,(H,10,11). The molecule has 0 aliphatic heterocycles. The molecule has 0 atom stereocenters. The van der Waals surface area contributed by atoms with Crippen molar-refractivity contribution in [3.05, 3.63) is 18.0 Å². The number of nitrogens with zero attached hydrogens (tertiary/aromatic N) is 2. The van der Waals surface area contributed by atoms with Gasteiger partial charge in [-0.15, -0.1) is 0 Å². The second-order valence-corrected chi connectivity index (χ2v) is 2.74. The predicted molar refractivity (Wildman–Crippen MR) is 37.6 cm³/mol. The quantitative estimate of drug-likeness (QED) is 0.659. The highest BCUT2D eigenvalue weighted by atomic mass is 16.4. The van der Waals surface area contributed by atoms with Crippen LogP contribution in [0.15, 0.2) is 12.3 Å². The molecule has 0 saturated heterocycles. The Kier molecular flexibility index (Phi) is 1.21. The summed E-state index contributed by atoms with van der Waals surface area (Å²) in [5, 5.41) is 12.4. The summed E-state index contributed by atoms with van der Waals surface area (Å²) in [7, 11) is 0. The zero-order chi connectivity index (χ0) is 7.84. The van der Waals surface area contributed by atoms with Crippen LogP contribution < -0.4 is 0 Å². The Morgan fingerprint density at radius 1 is 1.73 bits per heavy atom. The zero-order valence-corrected chi connectivity index (χ0v) is 5.90. The van der Waals surface area contributed by atoms with E-state index in [1.807, 2.05) is 0 Å². The molecule has 0 unspecified atom stereocenters. The van der Waals surface area contributed by atoms with Crippen molar-refractivity contribution >= 4 is 6.09 Å². The first-order valence-electron chi connectivity index (χ1n) is 3.56. The number of hydrogen-bond acceptors (Lipinski definition) is 2. The third-order valence-corrected chi connectivity index (χ3v) is 1.80. The molecule has 4 heteroatoms. The molecule has 58 valence electrons. The molecule has 1 saturated carbocycles. The highest BCUT2D eigenvalue weighted by Gasteiger charge is 2.26. The minimum absolute atomic E-state index is 0.524. The summed E-state index contributed by atoms with van der Waals surface area (Å²) in [5.74, 6) is 0.524. The summed E-state index contributed by atoms with van der Waals surface area (Å²) in [6, 6.07) is 1.77. The Morgan fingerprint density at radius 2 is 2.45 bits per heavy atom. The molecule has 2 rings (SSSR count). The molecular formula is C7H8N2O2. The first kappa shape index (κ1) is 6.39. The second-order valence-electron chi connectivity index (χ2n) is 2.74. The third-order valence-electron chi connectivity index (χ3n) is 1.80. The minimum atomic E-state index is -1.02. The van der Waals surface area contributed by atoms with E-state index >= 15 is 0 Å². The second kappa shape index (κ2) is 2.08. The van der Waals surface area contributed by atoms with Gasteiger partial charge in [-0.1, -0.05) is 0 Å². The molecule has 1 heterocycles. The summed E-state index contributed by atoms with van der Waals surface area (Å²) in [5.41, 5.74) is 0.910. The van der Waals surface area contributed by atoms with Gasteiger partial charge in [-0.3, -0.25) is 0 Å². The average Bonchev–Trinajstić information content (AvgIpc) is 2.68. The molecule has 1 aliphatic rings. The van der Waals surface area contributed by atoms with E-state index in [0.717, 1.165) is 23.2 Å². The summed E-state index contributed by atoms with van der Waals surface area (Å²) >= 11 is 0. The highest BCUT2D eigenvalue weighted by Crippen LogP contribution is 2.38. The van der Waals surface area contributed by atoms with Gasteiger partial charge >= 0.3 is 6.09 Å². The Balaban J connectivity index is 2.25. The van der Waals surface area contributed by atoms with Gasteiger partial charge in [0, 0.05) is 12.1 Å². The predicted octanol–water partition coefficient (Wildman–Crippen LogP) is 1.29. The van der Waals surface area contributed by atoms with Gasteiger partial charge in [-0.05, 0) is 18.9 Å². The Hall–Kier alpha value is -1.32. The van der Waals surface area contributed by atoms with Gasteiger partial charge in [0.05, 0.1) is 5.69 Å². The van der Waals surface area contributed by atoms with Crippen molar-refractivity contribution < 1.29 is 9.90 Å². The van der Waals surface area contributed by atoms with Crippen LogP contribution >= 0.6 is 0 Å². The van der Waals surface area contributed by atoms with Gasteiger partial charge in [0.1, 0.15) is 0 Å². The highest BCUT2D eigenvalue weighted by molar-refractivity contribution is 5.66. The number of carboxylic acid groups (broad SMARTS) is 1. The van der Waals surface area contributed by atoms with Crippen molar-refractivity contribution in [2.75, 3.05) is 0 Å². The summed E-state index contributed by atoms with van der Waals surface area (Å²) in [6.07, 6.45) is 2.76.